The molecule has 5 nitrogen and oxygen atoms in total. The van der Waals surface area contributed by atoms with Crippen LogP contribution >= 0.6 is 0 Å². The second-order valence-corrected chi connectivity index (χ2v) is 4.29. The maximum atomic E-state index is 11.9. The van der Waals surface area contributed by atoms with Crippen LogP contribution in [0.25, 0.3) is 0 Å². The zero-order valence-corrected chi connectivity index (χ0v) is 12.1. The molecule has 0 aromatic carbocycles. The monoisotopic (exact) mass is 270 g/mol. The van der Waals surface area contributed by atoms with Crippen LogP contribution in [0.4, 0.5) is 0 Å². The van der Waals surface area contributed by atoms with Gasteiger partial charge in [0.25, 0.3) is 0 Å². The first kappa shape index (κ1) is 17.4. The average molecular weight is 270 g/mol. The van der Waals surface area contributed by atoms with Crippen LogP contribution in [0, 0.1) is 17.8 Å². The summed E-state index contributed by atoms with van der Waals surface area (Å²) in [5.74, 6) is -3.41. The molecule has 0 bridgehead atoms. The zero-order valence-electron chi connectivity index (χ0n) is 12.1. The quantitative estimate of drug-likeness (QED) is 0.400. The molecule has 0 aliphatic rings. The van der Waals surface area contributed by atoms with E-state index < -0.39 is 29.7 Å². The lowest BCUT2D eigenvalue weighted by Gasteiger charge is -2.26. The highest BCUT2D eigenvalue weighted by molar-refractivity contribution is 5.97. The Balaban J connectivity index is 5.29. The fraction of sp³-hybridized carbons (Fsp3) is 0.643. The fourth-order valence-corrected chi connectivity index (χ4v) is 2.10. The van der Waals surface area contributed by atoms with Crippen LogP contribution in [0.15, 0.2) is 12.2 Å². The summed E-state index contributed by atoms with van der Waals surface area (Å²) >= 11 is 0. The number of esters is 2. The summed E-state index contributed by atoms with van der Waals surface area (Å²) in [7, 11) is 2.42. The van der Waals surface area contributed by atoms with Gasteiger partial charge in [-0.2, -0.15) is 0 Å². The van der Waals surface area contributed by atoms with Crippen LogP contribution in [-0.4, -0.2) is 31.9 Å². The molecule has 19 heavy (non-hydrogen) atoms. The first-order valence-electron chi connectivity index (χ1n) is 6.26. The topological polar surface area (TPSA) is 69.7 Å². The lowest BCUT2D eigenvalue weighted by atomic mass is 9.78. The van der Waals surface area contributed by atoms with Crippen molar-refractivity contribution in [2.24, 2.45) is 17.8 Å². The minimum Gasteiger partial charge on any atom is -0.468 e. The summed E-state index contributed by atoms with van der Waals surface area (Å²) in [6.45, 7) is 5.27. The Morgan fingerprint density at radius 2 is 1.58 bits per heavy atom. The van der Waals surface area contributed by atoms with Crippen molar-refractivity contribution in [3.63, 3.8) is 0 Å². The Bertz CT molecular complexity index is 343. The van der Waals surface area contributed by atoms with Crippen LogP contribution in [-0.2, 0) is 23.9 Å². The van der Waals surface area contributed by atoms with Crippen molar-refractivity contribution < 1.29 is 23.9 Å². The summed E-state index contributed by atoms with van der Waals surface area (Å²) in [6.07, 6.45) is 3.58. The number of carbonyl (C=O) groups is 3. The molecule has 5 heteroatoms. The number of methoxy groups -OCH3 is 2. The molecule has 108 valence electrons. The summed E-state index contributed by atoms with van der Waals surface area (Å²) in [4.78, 5) is 35.4. The fourth-order valence-electron chi connectivity index (χ4n) is 2.10. The molecular weight excluding hydrogens is 248 g/mol. The van der Waals surface area contributed by atoms with Gasteiger partial charge in [0, 0.05) is 5.92 Å². The van der Waals surface area contributed by atoms with Gasteiger partial charge in [-0.05, 0) is 18.9 Å². The Kier molecular flexibility index (Phi) is 7.72. The minimum atomic E-state index is -1.07. The lowest BCUT2D eigenvalue weighted by Crippen LogP contribution is -2.38. The maximum absolute atomic E-state index is 11.9. The smallest absolute Gasteiger partial charge is 0.320 e. The van der Waals surface area contributed by atoms with Gasteiger partial charge in [-0.1, -0.05) is 26.3 Å². The summed E-state index contributed by atoms with van der Waals surface area (Å²) in [5.41, 5.74) is 0. The first-order valence-corrected chi connectivity index (χ1v) is 6.26. The van der Waals surface area contributed by atoms with Crippen LogP contribution in [0.1, 0.15) is 27.2 Å². The largest absolute Gasteiger partial charge is 0.468 e. The molecule has 0 unspecified atom stereocenters. The standard InChI is InChI=1S/C14H22O5/c1-6-8-11(15)9(3)10(7-2)12(13(16)18-4)14(17)19-5/h6,8-10,12H,7H2,1-5H3/b8-6+/t9-,10+/m1/s1. The van der Waals surface area contributed by atoms with Gasteiger partial charge < -0.3 is 9.47 Å². The van der Waals surface area contributed by atoms with E-state index in [-0.39, 0.29) is 5.78 Å². The van der Waals surface area contributed by atoms with Gasteiger partial charge in [0.05, 0.1) is 14.2 Å². The van der Waals surface area contributed by atoms with Crippen molar-refractivity contribution >= 4 is 17.7 Å². The molecule has 0 aromatic heterocycles. The van der Waals surface area contributed by atoms with Crippen molar-refractivity contribution in [1.82, 2.24) is 0 Å². The third-order valence-corrected chi connectivity index (χ3v) is 3.23. The molecule has 0 saturated heterocycles. The molecule has 0 amide bonds. The highest BCUT2D eigenvalue weighted by atomic mass is 16.5. The third-order valence-electron chi connectivity index (χ3n) is 3.23. The Morgan fingerprint density at radius 3 is 1.89 bits per heavy atom. The van der Waals surface area contributed by atoms with Gasteiger partial charge in [-0.25, -0.2) is 0 Å². The second kappa shape index (κ2) is 8.45. The van der Waals surface area contributed by atoms with E-state index in [1.807, 2.05) is 6.92 Å². The zero-order chi connectivity index (χ0) is 15.0. The Labute approximate surface area is 114 Å². The molecule has 0 rings (SSSR count). The van der Waals surface area contributed by atoms with E-state index in [9.17, 15) is 14.4 Å². The highest BCUT2D eigenvalue weighted by Gasteiger charge is 2.40. The number of hydrogen-bond acceptors (Lipinski definition) is 5. The summed E-state index contributed by atoms with van der Waals surface area (Å²) in [6, 6.07) is 0. The molecule has 2 atom stereocenters. The number of hydrogen-bond donors (Lipinski definition) is 0. The van der Waals surface area contributed by atoms with Gasteiger partial charge in [0.2, 0.25) is 0 Å². The SMILES string of the molecule is C/C=C/C(=O)[C@H](C)[C@H](CC)C(C(=O)OC)C(=O)OC. The summed E-state index contributed by atoms with van der Waals surface area (Å²) in [5, 5.41) is 0. The molecule has 0 aliphatic carbocycles. The first-order chi connectivity index (χ1) is 8.94. The van der Waals surface area contributed by atoms with Crippen molar-refractivity contribution in [3.8, 4) is 0 Å². The number of ether oxygens (including phenoxy) is 2. The van der Waals surface area contributed by atoms with E-state index in [1.165, 1.54) is 20.3 Å². The number of ketones is 1. The predicted octanol–water partition coefficient (Wildman–Crippen LogP) is 1.76. The normalized spacial score (nSPS) is 14.2. The van der Waals surface area contributed by atoms with Gasteiger partial charge in [0.1, 0.15) is 0 Å². The lowest BCUT2D eigenvalue weighted by molar-refractivity contribution is -0.162. The van der Waals surface area contributed by atoms with Gasteiger partial charge in [0.15, 0.2) is 11.7 Å². The van der Waals surface area contributed by atoms with E-state index in [0.717, 1.165) is 0 Å². The number of rotatable bonds is 7. The van der Waals surface area contributed by atoms with E-state index in [1.54, 1.807) is 19.9 Å². The van der Waals surface area contributed by atoms with E-state index >= 15 is 0 Å². The van der Waals surface area contributed by atoms with Crippen LogP contribution in [0.2, 0.25) is 0 Å². The minimum absolute atomic E-state index is 0.118. The predicted molar refractivity (Wildman–Crippen MR) is 70.3 cm³/mol. The van der Waals surface area contributed by atoms with Gasteiger partial charge in [-0.15, -0.1) is 0 Å². The molecule has 0 fully saturated rings. The molecule has 0 saturated carbocycles. The molecule has 0 N–H and O–H groups in total. The van der Waals surface area contributed by atoms with E-state index in [2.05, 4.69) is 9.47 Å². The molecule has 0 aliphatic heterocycles. The van der Waals surface area contributed by atoms with Gasteiger partial charge >= 0.3 is 11.9 Å². The van der Waals surface area contributed by atoms with Crippen LogP contribution in [0.5, 0.6) is 0 Å². The molecule has 0 aromatic rings. The Hall–Kier alpha value is -1.65. The molecular formula is C14H22O5. The van der Waals surface area contributed by atoms with Crippen molar-refractivity contribution in [3.05, 3.63) is 12.2 Å². The second-order valence-electron chi connectivity index (χ2n) is 4.29. The van der Waals surface area contributed by atoms with E-state index in [4.69, 9.17) is 0 Å². The number of carbonyl (C=O) groups excluding carboxylic acids is 3. The molecule has 0 spiro atoms. The van der Waals surface area contributed by atoms with Crippen molar-refractivity contribution in [1.29, 1.82) is 0 Å². The van der Waals surface area contributed by atoms with Crippen molar-refractivity contribution in [2.45, 2.75) is 27.2 Å². The highest BCUT2D eigenvalue weighted by Crippen LogP contribution is 2.28. The summed E-state index contributed by atoms with van der Waals surface area (Å²) < 4.78 is 9.28. The van der Waals surface area contributed by atoms with E-state index in [0.29, 0.717) is 6.42 Å². The number of allylic oxidation sites excluding steroid dienone is 2. The maximum Gasteiger partial charge on any atom is 0.320 e. The van der Waals surface area contributed by atoms with Crippen LogP contribution in [0.3, 0.4) is 0 Å². The Morgan fingerprint density at radius 1 is 1.11 bits per heavy atom. The van der Waals surface area contributed by atoms with Crippen molar-refractivity contribution in [2.75, 3.05) is 14.2 Å². The third kappa shape index (κ3) is 4.50. The molecule has 0 radical (unpaired) electrons. The average Bonchev–Trinajstić information content (AvgIpc) is 2.42. The van der Waals surface area contributed by atoms with Crippen LogP contribution < -0.4 is 0 Å². The molecule has 0 heterocycles. The van der Waals surface area contributed by atoms with Gasteiger partial charge in [-0.3, -0.25) is 14.4 Å².